The quantitative estimate of drug-likeness (QED) is 0.611. The lowest BCUT2D eigenvalue weighted by molar-refractivity contribution is -0.143. The molecule has 9 nitrogen and oxygen atoms in total. The minimum Gasteiger partial charge on any atom is -0.325 e. The fourth-order valence-corrected chi connectivity index (χ4v) is 2.96. The van der Waals surface area contributed by atoms with Gasteiger partial charge in [-0.05, 0) is 37.6 Å². The second-order valence-electron chi connectivity index (χ2n) is 5.97. The molecule has 2 fully saturated rings. The molecule has 9 heteroatoms. The van der Waals surface area contributed by atoms with Crippen molar-refractivity contribution in [3.8, 4) is 0 Å². The lowest BCUT2D eigenvalue weighted by Crippen LogP contribution is -2.38. The number of hydrogen-bond acceptors (Lipinski definition) is 5. The van der Waals surface area contributed by atoms with Gasteiger partial charge < -0.3 is 10.2 Å². The first-order valence-electron chi connectivity index (χ1n) is 8.30. The number of imide groups is 2. The van der Waals surface area contributed by atoms with E-state index in [1.165, 1.54) is 0 Å². The van der Waals surface area contributed by atoms with Gasteiger partial charge in [0.15, 0.2) is 0 Å². The number of carbonyl (C=O) groups excluding carboxylic acids is 5. The normalized spacial score (nSPS) is 17.5. The van der Waals surface area contributed by atoms with Crippen LogP contribution in [0.4, 0.5) is 16.2 Å². The van der Waals surface area contributed by atoms with E-state index in [0.29, 0.717) is 23.6 Å². The van der Waals surface area contributed by atoms with E-state index in [9.17, 15) is 24.0 Å². The van der Waals surface area contributed by atoms with Crippen LogP contribution in [-0.2, 0) is 19.2 Å². The molecule has 3 rings (SSSR count). The number of rotatable bonds is 5. The van der Waals surface area contributed by atoms with E-state index < -0.39 is 30.3 Å². The van der Waals surface area contributed by atoms with Crippen LogP contribution >= 0.6 is 0 Å². The Labute approximate surface area is 149 Å². The minimum absolute atomic E-state index is 0.0676. The van der Waals surface area contributed by atoms with Crippen molar-refractivity contribution in [1.82, 2.24) is 9.80 Å². The molecule has 0 aromatic heterocycles. The third kappa shape index (κ3) is 3.15. The number of carbonyl (C=O) groups is 5. The second kappa shape index (κ2) is 6.95. The summed E-state index contributed by atoms with van der Waals surface area (Å²) in [5.74, 6) is -2.46. The van der Waals surface area contributed by atoms with Crippen LogP contribution in [0.5, 0.6) is 0 Å². The monoisotopic (exact) mass is 358 g/mol. The first-order valence-corrected chi connectivity index (χ1v) is 8.30. The number of nitrogens with zero attached hydrogens (tertiary/aromatic N) is 3. The molecule has 0 saturated carbocycles. The van der Waals surface area contributed by atoms with Crippen molar-refractivity contribution >= 4 is 41.0 Å². The Morgan fingerprint density at radius 2 is 1.69 bits per heavy atom. The number of hydrogen-bond donors (Lipinski definition) is 1. The summed E-state index contributed by atoms with van der Waals surface area (Å²) in [7, 11) is 0. The zero-order chi connectivity index (χ0) is 18.8. The number of benzene rings is 1. The number of urea groups is 1. The number of nitrogens with one attached hydrogen (secondary N) is 1. The molecular formula is C17H18N4O5. The topological polar surface area (TPSA) is 107 Å². The van der Waals surface area contributed by atoms with Crippen LogP contribution in [0, 0.1) is 0 Å². The van der Waals surface area contributed by atoms with Crippen LogP contribution in [0.2, 0.25) is 0 Å². The molecule has 1 aromatic rings. The zero-order valence-electron chi connectivity index (χ0n) is 14.2. The van der Waals surface area contributed by atoms with Crippen molar-refractivity contribution < 1.29 is 24.0 Å². The molecule has 2 aliphatic rings. The summed E-state index contributed by atoms with van der Waals surface area (Å²) < 4.78 is 0. The van der Waals surface area contributed by atoms with Crippen LogP contribution in [-0.4, -0.2) is 59.1 Å². The molecule has 2 heterocycles. The highest BCUT2D eigenvalue weighted by molar-refractivity contribution is 6.45. The van der Waals surface area contributed by atoms with Crippen LogP contribution < -0.4 is 10.2 Å². The van der Waals surface area contributed by atoms with Crippen molar-refractivity contribution in [2.24, 2.45) is 0 Å². The molecule has 0 atom stereocenters. The van der Waals surface area contributed by atoms with Gasteiger partial charge in [0, 0.05) is 30.9 Å². The van der Waals surface area contributed by atoms with E-state index in [2.05, 4.69) is 5.32 Å². The van der Waals surface area contributed by atoms with Gasteiger partial charge in [-0.25, -0.2) is 9.69 Å². The maximum absolute atomic E-state index is 12.1. The Bertz CT molecular complexity index is 789. The molecule has 0 aliphatic carbocycles. The van der Waals surface area contributed by atoms with Crippen molar-refractivity contribution in [1.29, 1.82) is 0 Å². The van der Waals surface area contributed by atoms with E-state index in [1.807, 2.05) is 0 Å². The average molecular weight is 358 g/mol. The van der Waals surface area contributed by atoms with E-state index in [4.69, 9.17) is 0 Å². The van der Waals surface area contributed by atoms with Crippen molar-refractivity contribution in [3.05, 3.63) is 24.3 Å². The first-order chi connectivity index (χ1) is 12.4. The highest BCUT2D eigenvalue weighted by Gasteiger charge is 2.44. The van der Waals surface area contributed by atoms with Gasteiger partial charge in [0.1, 0.15) is 6.54 Å². The molecule has 26 heavy (non-hydrogen) atoms. The molecule has 2 aliphatic heterocycles. The molecule has 0 spiro atoms. The predicted octanol–water partition coefficient (Wildman–Crippen LogP) is 0.563. The Hall–Kier alpha value is -3.23. The average Bonchev–Trinajstić information content (AvgIpc) is 3.13. The smallest absolute Gasteiger partial charge is 0.325 e. The molecule has 0 radical (unpaired) electrons. The summed E-state index contributed by atoms with van der Waals surface area (Å²) in [5, 5.41) is 2.57. The van der Waals surface area contributed by atoms with Crippen molar-refractivity contribution in [3.63, 3.8) is 0 Å². The van der Waals surface area contributed by atoms with Crippen LogP contribution in [0.15, 0.2) is 24.3 Å². The molecule has 0 unspecified atom stereocenters. The third-order valence-electron chi connectivity index (χ3n) is 4.29. The lowest BCUT2D eigenvalue weighted by atomic mass is 10.2. The van der Waals surface area contributed by atoms with Gasteiger partial charge in [0.2, 0.25) is 11.8 Å². The van der Waals surface area contributed by atoms with Crippen LogP contribution in [0.1, 0.15) is 19.8 Å². The van der Waals surface area contributed by atoms with E-state index in [0.717, 1.165) is 17.0 Å². The summed E-state index contributed by atoms with van der Waals surface area (Å²) in [5.41, 5.74) is 1.21. The fourth-order valence-electron chi connectivity index (χ4n) is 2.96. The number of amides is 6. The summed E-state index contributed by atoms with van der Waals surface area (Å²) in [6, 6.07) is 5.91. The molecule has 6 amide bonds. The van der Waals surface area contributed by atoms with E-state index in [-0.39, 0.29) is 12.5 Å². The molecule has 2 saturated heterocycles. The number of likely N-dealkylation sites (N-methyl/N-ethyl adjacent to an activating group) is 1. The fraction of sp³-hybridized carbons (Fsp3) is 0.353. The van der Waals surface area contributed by atoms with Gasteiger partial charge in [-0.1, -0.05) is 0 Å². The van der Waals surface area contributed by atoms with Crippen LogP contribution in [0.3, 0.4) is 0 Å². The number of anilines is 2. The standard InChI is InChI=1S/C17H18N4O5/c1-2-19-15(24)16(25)21(17(19)26)10-13(22)18-11-5-7-12(8-6-11)20-9-3-4-14(20)23/h5-8H,2-4,9-10H2,1H3,(H,18,22). The molecule has 1 N–H and O–H groups in total. The predicted molar refractivity (Wildman–Crippen MR) is 91.2 cm³/mol. The van der Waals surface area contributed by atoms with Crippen molar-refractivity contribution in [2.75, 3.05) is 29.9 Å². The Kier molecular flexibility index (Phi) is 4.70. The summed E-state index contributed by atoms with van der Waals surface area (Å²) in [6.07, 6.45) is 1.35. The van der Waals surface area contributed by atoms with Crippen LogP contribution in [0.25, 0.3) is 0 Å². The molecular weight excluding hydrogens is 340 g/mol. The van der Waals surface area contributed by atoms with Crippen molar-refractivity contribution in [2.45, 2.75) is 19.8 Å². The first kappa shape index (κ1) is 17.6. The Morgan fingerprint density at radius 1 is 1.04 bits per heavy atom. The summed E-state index contributed by atoms with van der Waals surface area (Å²) in [4.78, 5) is 62.3. The highest BCUT2D eigenvalue weighted by atomic mass is 16.2. The molecule has 136 valence electrons. The Morgan fingerprint density at radius 3 is 2.23 bits per heavy atom. The van der Waals surface area contributed by atoms with Gasteiger partial charge in [-0.2, -0.15) is 0 Å². The summed E-state index contributed by atoms with van der Waals surface area (Å²) in [6.45, 7) is 1.77. The minimum atomic E-state index is -1.00. The lowest BCUT2D eigenvalue weighted by Gasteiger charge is -2.16. The van der Waals surface area contributed by atoms with Gasteiger partial charge in [-0.15, -0.1) is 0 Å². The molecule has 1 aromatic carbocycles. The van der Waals surface area contributed by atoms with E-state index >= 15 is 0 Å². The maximum Gasteiger partial charge on any atom is 0.334 e. The third-order valence-corrected chi connectivity index (χ3v) is 4.29. The van der Waals surface area contributed by atoms with E-state index in [1.54, 1.807) is 36.1 Å². The van der Waals surface area contributed by atoms with Gasteiger partial charge in [-0.3, -0.25) is 24.1 Å². The zero-order valence-corrected chi connectivity index (χ0v) is 14.2. The summed E-state index contributed by atoms with van der Waals surface area (Å²) >= 11 is 0. The molecule has 0 bridgehead atoms. The highest BCUT2D eigenvalue weighted by Crippen LogP contribution is 2.23. The Balaban J connectivity index is 1.62. The SMILES string of the molecule is CCN1C(=O)C(=O)N(CC(=O)Nc2ccc(N3CCCC3=O)cc2)C1=O. The maximum atomic E-state index is 12.1. The van der Waals surface area contributed by atoms with Gasteiger partial charge in [0.25, 0.3) is 0 Å². The van der Waals surface area contributed by atoms with Gasteiger partial charge in [0.05, 0.1) is 0 Å². The largest absolute Gasteiger partial charge is 0.334 e. The second-order valence-corrected chi connectivity index (χ2v) is 5.97. The van der Waals surface area contributed by atoms with Gasteiger partial charge >= 0.3 is 17.8 Å².